The third-order valence-electron chi connectivity index (χ3n) is 5.35. The number of hydrogen-bond donors (Lipinski definition) is 0. The Bertz CT molecular complexity index is 884. The molecule has 0 aliphatic carbocycles. The summed E-state index contributed by atoms with van der Waals surface area (Å²) in [4.78, 5) is 28.1. The average molecular weight is 408 g/mol. The summed E-state index contributed by atoms with van der Waals surface area (Å²) in [6.07, 6.45) is -2.76. The molecule has 0 saturated carbocycles. The quantitative estimate of drug-likeness (QED) is 0.708. The molecule has 0 bridgehead atoms. The minimum absolute atomic E-state index is 0.0306. The second-order valence-corrected chi connectivity index (χ2v) is 7.22. The molecule has 2 aromatic rings. The molecule has 3 heterocycles. The number of aromatic nitrogens is 2. The lowest BCUT2D eigenvalue weighted by molar-refractivity contribution is -0.157. The van der Waals surface area contributed by atoms with E-state index in [1.807, 2.05) is 0 Å². The van der Waals surface area contributed by atoms with E-state index in [-0.39, 0.29) is 23.6 Å². The molecule has 10 heteroatoms. The molecule has 2 amide bonds. The summed E-state index contributed by atoms with van der Waals surface area (Å²) in [5.74, 6) is -1.99. The third kappa shape index (κ3) is 3.89. The van der Waals surface area contributed by atoms with Crippen LogP contribution < -0.4 is 0 Å². The van der Waals surface area contributed by atoms with Crippen LogP contribution in [0.4, 0.5) is 13.2 Å². The SMILES string of the molecule is O=C1c2ccccc2C(=O)N1CCCN1CCC(c2nnc(C(F)(F)F)o2)CC1. The van der Waals surface area contributed by atoms with Crippen molar-refractivity contribution in [2.24, 2.45) is 0 Å². The van der Waals surface area contributed by atoms with Crippen LogP contribution in [0.15, 0.2) is 28.7 Å². The van der Waals surface area contributed by atoms with Gasteiger partial charge in [-0.2, -0.15) is 13.2 Å². The van der Waals surface area contributed by atoms with Crippen LogP contribution in [-0.4, -0.2) is 58.0 Å². The first-order valence-corrected chi connectivity index (χ1v) is 9.43. The smallest absolute Gasteiger partial charge is 0.417 e. The minimum atomic E-state index is -4.63. The van der Waals surface area contributed by atoms with Gasteiger partial charge < -0.3 is 9.32 Å². The van der Waals surface area contributed by atoms with E-state index < -0.39 is 12.1 Å². The molecule has 7 nitrogen and oxygen atoms in total. The number of carbonyl (C=O) groups is 2. The number of piperidine rings is 1. The van der Waals surface area contributed by atoms with E-state index in [4.69, 9.17) is 4.42 Å². The number of halogens is 3. The van der Waals surface area contributed by atoms with Crippen LogP contribution in [0.2, 0.25) is 0 Å². The van der Waals surface area contributed by atoms with Crippen molar-refractivity contribution in [1.29, 1.82) is 0 Å². The van der Waals surface area contributed by atoms with Gasteiger partial charge in [0.2, 0.25) is 5.89 Å². The standard InChI is InChI=1S/C19H19F3N4O3/c20-19(21,22)18-24-23-15(29-18)12-6-10-25(11-7-12)8-3-9-26-16(27)13-4-1-2-5-14(13)17(26)28/h1-2,4-5,12H,3,6-11H2. The topological polar surface area (TPSA) is 79.5 Å². The summed E-state index contributed by atoms with van der Waals surface area (Å²) < 4.78 is 42.5. The summed E-state index contributed by atoms with van der Waals surface area (Å²) in [6.45, 7) is 2.38. The maximum Gasteiger partial charge on any atom is 0.470 e. The molecular formula is C19H19F3N4O3. The number of amides is 2. The molecule has 2 aliphatic heterocycles. The third-order valence-corrected chi connectivity index (χ3v) is 5.35. The van der Waals surface area contributed by atoms with E-state index >= 15 is 0 Å². The van der Waals surface area contributed by atoms with E-state index in [9.17, 15) is 22.8 Å². The Labute approximate surface area is 164 Å². The number of fused-ring (bicyclic) bond motifs is 1. The number of benzene rings is 1. The molecule has 1 aromatic carbocycles. The van der Waals surface area contributed by atoms with Gasteiger partial charge in [-0.15, -0.1) is 10.2 Å². The Hall–Kier alpha value is -2.75. The van der Waals surface area contributed by atoms with Crippen LogP contribution >= 0.6 is 0 Å². The fourth-order valence-corrected chi connectivity index (χ4v) is 3.81. The Balaban J connectivity index is 1.24. The predicted octanol–water partition coefficient (Wildman–Crippen LogP) is 2.95. The largest absolute Gasteiger partial charge is 0.470 e. The van der Waals surface area contributed by atoms with Gasteiger partial charge in [0.15, 0.2) is 0 Å². The number of imide groups is 1. The van der Waals surface area contributed by atoms with Gasteiger partial charge in [-0.25, -0.2) is 0 Å². The van der Waals surface area contributed by atoms with Crippen molar-refractivity contribution in [3.63, 3.8) is 0 Å². The molecule has 4 rings (SSSR count). The highest BCUT2D eigenvalue weighted by molar-refractivity contribution is 6.21. The van der Waals surface area contributed by atoms with Gasteiger partial charge in [-0.3, -0.25) is 14.5 Å². The lowest BCUT2D eigenvalue weighted by Crippen LogP contribution is -2.37. The predicted molar refractivity (Wildman–Crippen MR) is 94.1 cm³/mol. The summed E-state index contributed by atoms with van der Waals surface area (Å²) in [5, 5.41) is 6.63. The Morgan fingerprint density at radius 2 is 1.62 bits per heavy atom. The molecule has 0 N–H and O–H groups in total. The van der Waals surface area contributed by atoms with Gasteiger partial charge in [0, 0.05) is 12.5 Å². The summed E-state index contributed by atoms with van der Waals surface area (Å²) in [6, 6.07) is 6.78. The number of nitrogens with zero attached hydrogens (tertiary/aromatic N) is 4. The zero-order valence-electron chi connectivity index (χ0n) is 15.5. The van der Waals surface area contributed by atoms with Crippen molar-refractivity contribution in [3.05, 3.63) is 47.2 Å². The Morgan fingerprint density at radius 3 is 2.17 bits per heavy atom. The van der Waals surface area contributed by atoms with Gasteiger partial charge in [-0.1, -0.05) is 12.1 Å². The highest BCUT2D eigenvalue weighted by Gasteiger charge is 2.39. The summed E-state index contributed by atoms with van der Waals surface area (Å²) in [5.41, 5.74) is 0.882. The van der Waals surface area contributed by atoms with Crippen molar-refractivity contribution >= 4 is 11.8 Å². The van der Waals surface area contributed by atoms with Crippen molar-refractivity contribution in [2.75, 3.05) is 26.2 Å². The number of alkyl halides is 3. The molecular weight excluding hydrogens is 389 g/mol. The number of rotatable bonds is 5. The van der Waals surface area contributed by atoms with E-state index in [2.05, 4.69) is 15.1 Å². The second kappa shape index (κ2) is 7.58. The van der Waals surface area contributed by atoms with Crippen LogP contribution in [0.3, 0.4) is 0 Å². The maximum absolute atomic E-state index is 12.6. The first-order valence-electron chi connectivity index (χ1n) is 9.43. The average Bonchev–Trinajstić information content (AvgIpc) is 3.29. The molecule has 0 atom stereocenters. The Morgan fingerprint density at radius 1 is 1.00 bits per heavy atom. The zero-order valence-corrected chi connectivity index (χ0v) is 15.5. The first kappa shape index (κ1) is 19.6. The van der Waals surface area contributed by atoms with E-state index in [0.717, 1.165) is 0 Å². The van der Waals surface area contributed by atoms with Crippen molar-refractivity contribution in [3.8, 4) is 0 Å². The molecule has 154 valence electrons. The van der Waals surface area contributed by atoms with Gasteiger partial charge in [0.1, 0.15) is 0 Å². The van der Waals surface area contributed by atoms with Crippen molar-refractivity contribution in [2.45, 2.75) is 31.4 Å². The maximum atomic E-state index is 12.6. The molecule has 29 heavy (non-hydrogen) atoms. The van der Waals surface area contributed by atoms with Crippen LogP contribution in [0.1, 0.15) is 57.7 Å². The summed E-state index contributed by atoms with van der Waals surface area (Å²) in [7, 11) is 0. The molecule has 1 fully saturated rings. The minimum Gasteiger partial charge on any atom is -0.417 e. The van der Waals surface area contributed by atoms with Crippen LogP contribution in [0.25, 0.3) is 0 Å². The van der Waals surface area contributed by atoms with Crippen LogP contribution in [-0.2, 0) is 6.18 Å². The molecule has 1 aromatic heterocycles. The highest BCUT2D eigenvalue weighted by atomic mass is 19.4. The van der Waals surface area contributed by atoms with Gasteiger partial charge in [0.05, 0.1) is 11.1 Å². The fraction of sp³-hybridized carbons (Fsp3) is 0.474. The van der Waals surface area contributed by atoms with Crippen LogP contribution in [0.5, 0.6) is 0 Å². The van der Waals surface area contributed by atoms with Gasteiger partial charge in [-0.05, 0) is 51.0 Å². The lowest BCUT2D eigenvalue weighted by atomic mass is 9.97. The molecule has 0 radical (unpaired) electrons. The second-order valence-electron chi connectivity index (χ2n) is 7.22. The number of hydrogen-bond acceptors (Lipinski definition) is 6. The van der Waals surface area contributed by atoms with Crippen LogP contribution in [0, 0.1) is 0 Å². The molecule has 2 aliphatic rings. The normalized spacial score (nSPS) is 18.5. The fourth-order valence-electron chi connectivity index (χ4n) is 3.81. The molecule has 0 unspecified atom stereocenters. The number of carbonyl (C=O) groups excluding carboxylic acids is 2. The van der Waals surface area contributed by atoms with E-state index in [1.165, 1.54) is 4.90 Å². The van der Waals surface area contributed by atoms with E-state index in [0.29, 0.717) is 56.6 Å². The van der Waals surface area contributed by atoms with Crippen molar-refractivity contribution < 1.29 is 27.2 Å². The lowest BCUT2D eigenvalue weighted by Gasteiger charge is -2.30. The van der Waals surface area contributed by atoms with E-state index in [1.54, 1.807) is 24.3 Å². The summed E-state index contributed by atoms with van der Waals surface area (Å²) >= 11 is 0. The monoisotopic (exact) mass is 408 g/mol. The zero-order chi connectivity index (χ0) is 20.6. The first-order chi connectivity index (χ1) is 13.8. The van der Waals surface area contributed by atoms with Gasteiger partial charge >= 0.3 is 12.1 Å². The number of likely N-dealkylation sites (tertiary alicyclic amines) is 1. The molecule has 0 spiro atoms. The molecule has 1 saturated heterocycles. The Kier molecular flexibility index (Phi) is 5.12. The highest BCUT2D eigenvalue weighted by Crippen LogP contribution is 2.32. The van der Waals surface area contributed by atoms with Crippen molar-refractivity contribution in [1.82, 2.24) is 20.0 Å². The van der Waals surface area contributed by atoms with Gasteiger partial charge in [0.25, 0.3) is 11.8 Å².